The molecule has 0 bridgehead atoms. The van der Waals surface area contributed by atoms with E-state index in [2.05, 4.69) is 26.2 Å². The summed E-state index contributed by atoms with van der Waals surface area (Å²) in [4.78, 5) is 17.1. The highest BCUT2D eigenvalue weighted by molar-refractivity contribution is 9.10. The zero-order valence-corrected chi connectivity index (χ0v) is 15.7. The number of hydrogen-bond acceptors (Lipinski definition) is 4. The second-order valence-electron chi connectivity index (χ2n) is 6.09. The molecule has 0 saturated carbocycles. The summed E-state index contributed by atoms with van der Waals surface area (Å²) in [6.07, 6.45) is 1.65. The smallest absolute Gasteiger partial charge is 0.270 e. The van der Waals surface area contributed by atoms with Crippen LogP contribution in [0.3, 0.4) is 0 Å². The number of fused-ring (bicyclic) bond motifs is 2. The number of halogens is 1. The lowest BCUT2D eigenvalue weighted by Crippen LogP contribution is -2.28. The molecule has 0 saturated heterocycles. The SMILES string of the molecule is CC(NC(=O)c1nccc2ccccc12)c1cc2c(cc1Br)OCCO2. The first-order valence-electron chi connectivity index (χ1n) is 8.37. The van der Waals surface area contributed by atoms with Gasteiger partial charge in [0.2, 0.25) is 0 Å². The van der Waals surface area contributed by atoms with Crippen molar-refractivity contribution in [3.63, 3.8) is 0 Å². The average Bonchev–Trinajstić information content (AvgIpc) is 2.66. The summed E-state index contributed by atoms with van der Waals surface area (Å²) in [7, 11) is 0. The van der Waals surface area contributed by atoms with Crippen LogP contribution < -0.4 is 14.8 Å². The topological polar surface area (TPSA) is 60.5 Å². The highest BCUT2D eigenvalue weighted by Crippen LogP contribution is 2.37. The zero-order chi connectivity index (χ0) is 18.1. The molecule has 132 valence electrons. The molecule has 0 radical (unpaired) electrons. The van der Waals surface area contributed by atoms with Crippen molar-refractivity contribution in [1.82, 2.24) is 10.3 Å². The maximum absolute atomic E-state index is 12.8. The Labute approximate surface area is 159 Å². The summed E-state index contributed by atoms with van der Waals surface area (Å²) in [5, 5.41) is 4.85. The van der Waals surface area contributed by atoms with Gasteiger partial charge in [-0.25, -0.2) is 0 Å². The highest BCUT2D eigenvalue weighted by Gasteiger charge is 2.20. The Kier molecular flexibility index (Phi) is 4.51. The Morgan fingerprint density at radius 2 is 1.88 bits per heavy atom. The van der Waals surface area contributed by atoms with Crippen molar-refractivity contribution in [2.75, 3.05) is 13.2 Å². The van der Waals surface area contributed by atoms with E-state index in [1.165, 1.54) is 0 Å². The lowest BCUT2D eigenvalue weighted by atomic mass is 10.1. The van der Waals surface area contributed by atoms with Crippen LogP contribution in [0.25, 0.3) is 10.8 Å². The molecule has 26 heavy (non-hydrogen) atoms. The Hall–Kier alpha value is -2.60. The summed E-state index contributed by atoms with van der Waals surface area (Å²) in [6.45, 7) is 2.99. The van der Waals surface area contributed by atoms with Crippen LogP contribution in [-0.2, 0) is 0 Å². The Morgan fingerprint density at radius 3 is 2.69 bits per heavy atom. The van der Waals surface area contributed by atoms with E-state index < -0.39 is 0 Å². The summed E-state index contributed by atoms with van der Waals surface area (Å²) >= 11 is 3.56. The predicted octanol–water partition coefficient (Wildman–Crippen LogP) is 4.26. The van der Waals surface area contributed by atoms with Crippen molar-refractivity contribution in [3.05, 3.63) is 64.4 Å². The van der Waals surface area contributed by atoms with Gasteiger partial charge in [0.25, 0.3) is 5.91 Å². The van der Waals surface area contributed by atoms with Gasteiger partial charge in [0.05, 0.1) is 6.04 Å². The molecule has 6 heteroatoms. The molecule has 1 atom stereocenters. The van der Waals surface area contributed by atoms with Crippen LogP contribution in [0.15, 0.2) is 53.1 Å². The van der Waals surface area contributed by atoms with E-state index in [1.54, 1.807) is 6.20 Å². The second-order valence-corrected chi connectivity index (χ2v) is 6.95. The molecule has 0 aliphatic carbocycles. The fraction of sp³-hybridized carbons (Fsp3) is 0.200. The molecule has 0 spiro atoms. The van der Waals surface area contributed by atoms with Crippen LogP contribution in [0.4, 0.5) is 0 Å². The molecule has 3 aromatic rings. The third-order valence-corrected chi connectivity index (χ3v) is 5.05. The predicted molar refractivity (Wildman–Crippen MR) is 103 cm³/mol. The standard InChI is InChI=1S/C20H17BrN2O3/c1-12(15-10-17-18(11-16(15)21)26-9-8-25-17)23-20(24)19-14-5-3-2-4-13(14)6-7-22-19/h2-7,10-12H,8-9H2,1H3,(H,23,24). The number of carbonyl (C=O) groups excluding carboxylic acids is 1. The van der Waals surface area contributed by atoms with Crippen molar-refractivity contribution in [1.29, 1.82) is 0 Å². The molecule has 1 aromatic heterocycles. The first-order valence-corrected chi connectivity index (χ1v) is 9.16. The highest BCUT2D eigenvalue weighted by atomic mass is 79.9. The number of hydrogen-bond donors (Lipinski definition) is 1. The van der Waals surface area contributed by atoms with Crippen LogP contribution in [0, 0.1) is 0 Å². The molecule has 0 fully saturated rings. The van der Waals surface area contributed by atoms with Crippen LogP contribution in [0.1, 0.15) is 29.0 Å². The van der Waals surface area contributed by atoms with Crippen molar-refractivity contribution in [2.45, 2.75) is 13.0 Å². The minimum atomic E-state index is -0.228. The van der Waals surface area contributed by atoms with E-state index in [0.717, 1.165) is 20.8 Å². The summed E-state index contributed by atoms with van der Waals surface area (Å²) in [6, 6.07) is 13.2. The van der Waals surface area contributed by atoms with Crippen LogP contribution in [0.5, 0.6) is 11.5 Å². The number of pyridine rings is 1. The van der Waals surface area contributed by atoms with E-state index >= 15 is 0 Å². The molecule has 1 unspecified atom stereocenters. The summed E-state index contributed by atoms with van der Waals surface area (Å²) in [5.41, 5.74) is 1.34. The van der Waals surface area contributed by atoms with E-state index in [0.29, 0.717) is 30.4 Å². The Bertz CT molecular complexity index is 985. The number of amides is 1. The number of carbonyl (C=O) groups is 1. The first kappa shape index (κ1) is 16.8. The number of nitrogens with zero attached hydrogens (tertiary/aromatic N) is 1. The van der Waals surface area contributed by atoms with Crippen molar-refractivity contribution in [3.8, 4) is 11.5 Å². The molecule has 2 aromatic carbocycles. The average molecular weight is 413 g/mol. The molecular weight excluding hydrogens is 396 g/mol. The number of ether oxygens (including phenoxy) is 2. The Balaban J connectivity index is 1.62. The van der Waals surface area contributed by atoms with Crippen LogP contribution in [0.2, 0.25) is 0 Å². The number of aromatic nitrogens is 1. The Morgan fingerprint density at radius 1 is 1.15 bits per heavy atom. The van der Waals surface area contributed by atoms with Gasteiger partial charge in [-0.2, -0.15) is 0 Å². The van der Waals surface area contributed by atoms with Gasteiger partial charge >= 0.3 is 0 Å². The first-order chi connectivity index (χ1) is 12.6. The van der Waals surface area contributed by atoms with E-state index in [1.807, 2.05) is 49.4 Å². The van der Waals surface area contributed by atoms with Gasteiger partial charge in [0.1, 0.15) is 18.9 Å². The lowest BCUT2D eigenvalue weighted by molar-refractivity contribution is 0.0936. The van der Waals surface area contributed by atoms with E-state index in [-0.39, 0.29) is 11.9 Å². The lowest BCUT2D eigenvalue weighted by Gasteiger charge is -2.22. The molecule has 1 amide bonds. The molecule has 4 rings (SSSR count). The minimum absolute atomic E-state index is 0.212. The zero-order valence-electron chi connectivity index (χ0n) is 14.2. The molecule has 1 aliphatic rings. The molecular formula is C20H17BrN2O3. The van der Waals surface area contributed by atoms with Crippen LogP contribution >= 0.6 is 15.9 Å². The summed E-state index contributed by atoms with van der Waals surface area (Å²) < 4.78 is 12.1. The van der Waals surface area contributed by atoms with Gasteiger partial charge in [-0.3, -0.25) is 9.78 Å². The number of benzene rings is 2. The fourth-order valence-corrected chi connectivity index (χ4v) is 3.72. The second kappa shape index (κ2) is 6.96. The monoisotopic (exact) mass is 412 g/mol. The molecule has 1 aliphatic heterocycles. The maximum atomic E-state index is 12.8. The normalized spacial score (nSPS) is 14.1. The fourth-order valence-electron chi connectivity index (χ4n) is 3.05. The number of rotatable bonds is 3. The van der Waals surface area contributed by atoms with Crippen LogP contribution in [-0.4, -0.2) is 24.1 Å². The minimum Gasteiger partial charge on any atom is -0.486 e. The van der Waals surface area contributed by atoms with Gasteiger partial charge in [0.15, 0.2) is 11.5 Å². The van der Waals surface area contributed by atoms with Gasteiger partial charge in [-0.1, -0.05) is 40.2 Å². The van der Waals surface area contributed by atoms with Crippen molar-refractivity contribution < 1.29 is 14.3 Å². The van der Waals surface area contributed by atoms with E-state index in [9.17, 15) is 4.79 Å². The van der Waals surface area contributed by atoms with Gasteiger partial charge in [0, 0.05) is 16.1 Å². The van der Waals surface area contributed by atoms with E-state index in [4.69, 9.17) is 9.47 Å². The third kappa shape index (κ3) is 3.12. The van der Waals surface area contributed by atoms with Crippen molar-refractivity contribution >= 4 is 32.6 Å². The largest absolute Gasteiger partial charge is 0.486 e. The quantitative estimate of drug-likeness (QED) is 0.697. The van der Waals surface area contributed by atoms with Gasteiger partial charge in [-0.15, -0.1) is 0 Å². The van der Waals surface area contributed by atoms with Gasteiger partial charge in [-0.05, 0) is 36.1 Å². The molecule has 2 heterocycles. The molecule has 5 nitrogen and oxygen atoms in total. The maximum Gasteiger partial charge on any atom is 0.270 e. The molecule has 1 N–H and O–H groups in total. The number of nitrogens with one attached hydrogen (secondary N) is 1. The summed E-state index contributed by atoms with van der Waals surface area (Å²) in [5.74, 6) is 1.19. The third-order valence-electron chi connectivity index (χ3n) is 4.36. The van der Waals surface area contributed by atoms with Gasteiger partial charge < -0.3 is 14.8 Å². The van der Waals surface area contributed by atoms with Crippen molar-refractivity contribution in [2.24, 2.45) is 0 Å².